The number of aryl methyl sites for hydroxylation is 1. The van der Waals surface area contributed by atoms with Crippen molar-refractivity contribution in [3.8, 4) is 0 Å². The number of nitrogens with zero attached hydrogens (tertiary/aromatic N) is 2. The second-order valence-corrected chi connectivity index (χ2v) is 6.98. The molecule has 1 aliphatic carbocycles. The van der Waals surface area contributed by atoms with Crippen molar-refractivity contribution in [3.63, 3.8) is 0 Å². The highest BCUT2D eigenvalue weighted by Crippen LogP contribution is 2.41. The van der Waals surface area contributed by atoms with Crippen molar-refractivity contribution in [3.05, 3.63) is 11.7 Å². The van der Waals surface area contributed by atoms with Gasteiger partial charge < -0.3 is 9.84 Å². The summed E-state index contributed by atoms with van der Waals surface area (Å²) in [6.45, 7) is 10.0. The standard InChI is InChI=1S/C16H29N3O/c1-5-17-12(2)6-7-14-18-15(19-20-14)13-8-10-16(3,4)11-9-13/h12-13,17H,5-11H2,1-4H3. The molecule has 1 aromatic rings. The van der Waals surface area contributed by atoms with Crippen LogP contribution in [0.25, 0.3) is 0 Å². The quantitative estimate of drug-likeness (QED) is 0.863. The molecular formula is C16H29N3O. The van der Waals surface area contributed by atoms with Crippen LogP contribution < -0.4 is 5.32 Å². The molecule has 1 saturated carbocycles. The Balaban J connectivity index is 1.83. The predicted octanol–water partition coefficient (Wildman–Crippen LogP) is 3.68. The van der Waals surface area contributed by atoms with Gasteiger partial charge in [0.2, 0.25) is 5.89 Å². The van der Waals surface area contributed by atoms with E-state index in [1.54, 1.807) is 0 Å². The maximum absolute atomic E-state index is 5.41. The van der Waals surface area contributed by atoms with E-state index >= 15 is 0 Å². The van der Waals surface area contributed by atoms with Crippen LogP contribution in [0.4, 0.5) is 0 Å². The molecule has 4 heteroatoms. The van der Waals surface area contributed by atoms with Gasteiger partial charge in [-0.25, -0.2) is 0 Å². The van der Waals surface area contributed by atoms with Gasteiger partial charge in [0, 0.05) is 18.4 Å². The number of rotatable bonds is 6. The largest absolute Gasteiger partial charge is 0.339 e. The smallest absolute Gasteiger partial charge is 0.226 e. The van der Waals surface area contributed by atoms with Gasteiger partial charge in [0.1, 0.15) is 0 Å². The zero-order valence-corrected chi connectivity index (χ0v) is 13.4. The van der Waals surface area contributed by atoms with Crippen LogP contribution in [0.5, 0.6) is 0 Å². The maximum atomic E-state index is 5.41. The molecule has 1 atom stereocenters. The van der Waals surface area contributed by atoms with E-state index in [0.29, 0.717) is 17.4 Å². The Labute approximate surface area is 122 Å². The van der Waals surface area contributed by atoms with Crippen molar-refractivity contribution >= 4 is 0 Å². The number of aromatic nitrogens is 2. The molecule has 0 aromatic carbocycles. The molecule has 0 spiro atoms. The summed E-state index contributed by atoms with van der Waals surface area (Å²) >= 11 is 0. The molecule has 0 saturated heterocycles. The molecule has 4 nitrogen and oxygen atoms in total. The van der Waals surface area contributed by atoms with Gasteiger partial charge in [0.15, 0.2) is 5.82 Å². The van der Waals surface area contributed by atoms with Gasteiger partial charge in [-0.15, -0.1) is 0 Å². The first-order chi connectivity index (χ1) is 9.50. The normalized spacial score (nSPS) is 21.0. The lowest BCUT2D eigenvalue weighted by Crippen LogP contribution is -2.25. The lowest BCUT2D eigenvalue weighted by molar-refractivity contribution is 0.218. The van der Waals surface area contributed by atoms with Gasteiger partial charge in [-0.05, 0) is 51.0 Å². The van der Waals surface area contributed by atoms with Crippen molar-refractivity contribution in [2.24, 2.45) is 5.41 Å². The molecule has 0 aliphatic heterocycles. The highest BCUT2D eigenvalue weighted by atomic mass is 16.5. The van der Waals surface area contributed by atoms with E-state index in [-0.39, 0.29) is 0 Å². The first kappa shape index (κ1) is 15.5. The molecule has 1 N–H and O–H groups in total. The molecule has 0 bridgehead atoms. The molecular weight excluding hydrogens is 250 g/mol. The van der Waals surface area contributed by atoms with Crippen LogP contribution in [0.3, 0.4) is 0 Å². The van der Waals surface area contributed by atoms with Gasteiger partial charge in [0.05, 0.1) is 0 Å². The van der Waals surface area contributed by atoms with E-state index in [0.717, 1.165) is 31.1 Å². The summed E-state index contributed by atoms with van der Waals surface area (Å²) in [5.41, 5.74) is 0.490. The van der Waals surface area contributed by atoms with Gasteiger partial charge in [-0.2, -0.15) is 4.98 Å². The Kier molecular flexibility index (Phi) is 5.19. The zero-order chi connectivity index (χ0) is 14.6. The first-order valence-corrected chi connectivity index (χ1v) is 8.06. The van der Waals surface area contributed by atoms with E-state index in [2.05, 4.69) is 43.2 Å². The van der Waals surface area contributed by atoms with E-state index in [1.165, 1.54) is 25.7 Å². The molecule has 1 aromatic heterocycles. The van der Waals surface area contributed by atoms with Crippen molar-refractivity contribution in [2.75, 3.05) is 6.54 Å². The fourth-order valence-electron chi connectivity index (χ4n) is 2.98. The molecule has 0 amide bonds. The molecule has 114 valence electrons. The fraction of sp³-hybridized carbons (Fsp3) is 0.875. The third kappa shape index (κ3) is 4.30. The molecule has 2 rings (SSSR count). The Morgan fingerprint density at radius 3 is 2.70 bits per heavy atom. The highest BCUT2D eigenvalue weighted by molar-refractivity contribution is 4.99. The highest BCUT2D eigenvalue weighted by Gasteiger charge is 2.30. The third-order valence-electron chi connectivity index (χ3n) is 4.53. The van der Waals surface area contributed by atoms with Gasteiger partial charge in [0.25, 0.3) is 0 Å². The maximum Gasteiger partial charge on any atom is 0.226 e. The topological polar surface area (TPSA) is 51.0 Å². The summed E-state index contributed by atoms with van der Waals surface area (Å²) in [5, 5.41) is 7.61. The van der Waals surface area contributed by atoms with Gasteiger partial charge in [-0.3, -0.25) is 0 Å². The van der Waals surface area contributed by atoms with Crippen LogP contribution in [0.15, 0.2) is 4.52 Å². The van der Waals surface area contributed by atoms with Crippen LogP contribution >= 0.6 is 0 Å². The van der Waals surface area contributed by atoms with Crippen molar-refractivity contribution in [1.82, 2.24) is 15.5 Å². The predicted molar refractivity (Wildman–Crippen MR) is 80.7 cm³/mol. The number of hydrogen-bond acceptors (Lipinski definition) is 4. The lowest BCUT2D eigenvalue weighted by Gasteiger charge is -2.32. The molecule has 1 aliphatic rings. The summed E-state index contributed by atoms with van der Waals surface area (Å²) in [6, 6.07) is 0.505. The van der Waals surface area contributed by atoms with Crippen LogP contribution in [0.1, 0.15) is 77.4 Å². The van der Waals surface area contributed by atoms with E-state index in [1.807, 2.05) is 0 Å². The molecule has 0 radical (unpaired) electrons. The minimum absolute atomic E-state index is 0.490. The monoisotopic (exact) mass is 279 g/mol. The van der Waals surface area contributed by atoms with E-state index < -0.39 is 0 Å². The minimum atomic E-state index is 0.490. The van der Waals surface area contributed by atoms with E-state index in [4.69, 9.17) is 4.52 Å². The molecule has 20 heavy (non-hydrogen) atoms. The van der Waals surface area contributed by atoms with Gasteiger partial charge >= 0.3 is 0 Å². The number of hydrogen-bond donors (Lipinski definition) is 1. The van der Waals surface area contributed by atoms with E-state index in [9.17, 15) is 0 Å². The third-order valence-corrected chi connectivity index (χ3v) is 4.53. The van der Waals surface area contributed by atoms with Crippen LogP contribution in [0.2, 0.25) is 0 Å². The minimum Gasteiger partial charge on any atom is -0.339 e. The first-order valence-electron chi connectivity index (χ1n) is 8.06. The van der Waals surface area contributed by atoms with Crippen molar-refractivity contribution in [2.45, 2.75) is 78.2 Å². The Morgan fingerprint density at radius 1 is 1.35 bits per heavy atom. The van der Waals surface area contributed by atoms with Gasteiger partial charge in [-0.1, -0.05) is 25.9 Å². The average molecular weight is 279 g/mol. The van der Waals surface area contributed by atoms with Crippen LogP contribution in [0, 0.1) is 5.41 Å². The Hall–Kier alpha value is -0.900. The van der Waals surface area contributed by atoms with Crippen LogP contribution in [-0.4, -0.2) is 22.7 Å². The Bertz CT molecular complexity index is 404. The number of nitrogens with one attached hydrogen (secondary N) is 1. The zero-order valence-electron chi connectivity index (χ0n) is 13.4. The average Bonchev–Trinajstić information content (AvgIpc) is 2.85. The summed E-state index contributed by atoms with van der Waals surface area (Å²) in [6.07, 6.45) is 6.84. The SMILES string of the molecule is CCNC(C)CCc1nc(C2CCC(C)(C)CC2)no1. The lowest BCUT2D eigenvalue weighted by atomic mass is 9.73. The summed E-state index contributed by atoms with van der Waals surface area (Å²) in [4.78, 5) is 4.61. The molecule has 1 heterocycles. The second-order valence-electron chi connectivity index (χ2n) is 6.98. The summed E-state index contributed by atoms with van der Waals surface area (Å²) in [7, 11) is 0. The Morgan fingerprint density at radius 2 is 2.05 bits per heavy atom. The summed E-state index contributed by atoms with van der Waals surface area (Å²) < 4.78 is 5.41. The molecule has 1 fully saturated rings. The molecule has 1 unspecified atom stereocenters. The van der Waals surface area contributed by atoms with Crippen molar-refractivity contribution < 1.29 is 4.52 Å². The van der Waals surface area contributed by atoms with Crippen molar-refractivity contribution in [1.29, 1.82) is 0 Å². The van der Waals surface area contributed by atoms with Crippen LogP contribution in [-0.2, 0) is 6.42 Å². The second kappa shape index (κ2) is 6.70. The summed E-state index contributed by atoms with van der Waals surface area (Å²) in [5.74, 6) is 2.24. The fourth-order valence-corrected chi connectivity index (χ4v) is 2.98.